The fourth-order valence-electron chi connectivity index (χ4n) is 3.28. The summed E-state index contributed by atoms with van der Waals surface area (Å²) in [5, 5.41) is 39.5. The number of hydrogen-bond donors (Lipinski definition) is 4. The maximum Gasteiger partial charge on any atom is 0.200 e. The molecule has 0 aliphatic heterocycles. The molecule has 0 saturated carbocycles. The lowest BCUT2D eigenvalue weighted by molar-refractivity contribution is 0.367. The van der Waals surface area contributed by atoms with Gasteiger partial charge in [-0.15, -0.1) is 0 Å². The smallest absolute Gasteiger partial charge is 0.200 e. The summed E-state index contributed by atoms with van der Waals surface area (Å²) in [4.78, 5) is 0. The third kappa shape index (κ3) is 4.88. The lowest BCUT2D eigenvalue weighted by Gasteiger charge is -2.28. The van der Waals surface area contributed by atoms with Crippen molar-refractivity contribution < 1.29 is 20.4 Å². The molecule has 4 nitrogen and oxygen atoms in total. The first-order valence-electron chi connectivity index (χ1n) is 9.41. The van der Waals surface area contributed by atoms with Gasteiger partial charge in [-0.1, -0.05) is 53.7 Å². The van der Waals surface area contributed by atoms with Crippen LogP contribution in [-0.2, 0) is 23.7 Å². The van der Waals surface area contributed by atoms with Crippen molar-refractivity contribution in [3.8, 4) is 23.0 Å². The van der Waals surface area contributed by atoms with Crippen molar-refractivity contribution >= 4 is 0 Å². The fraction of sp³-hybridized carbons (Fsp3) is 0.478. The van der Waals surface area contributed by atoms with Crippen molar-refractivity contribution in [2.45, 2.75) is 71.6 Å². The highest BCUT2D eigenvalue weighted by molar-refractivity contribution is 5.51. The van der Waals surface area contributed by atoms with Gasteiger partial charge in [0.2, 0.25) is 0 Å². The van der Waals surface area contributed by atoms with Crippen LogP contribution >= 0.6 is 0 Å². The summed E-state index contributed by atoms with van der Waals surface area (Å²) < 4.78 is 0. The van der Waals surface area contributed by atoms with Crippen molar-refractivity contribution in [1.82, 2.24) is 0 Å². The van der Waals surface area contributed by atoms with E-state index in [1.54, 1.807) is 0 Å². The number of rotatable bonds is 4. The first-order valence-corrected chi connectivity index (χ1v) is 9.41. The number of aryl methyl sites for hydroxylation is 2. The summed E-state index contributed by atoms with van der Waals surface area (Å²) in [6.45, 7) is 12.6. The van der Waals surface area contributed by atoms with Gasteiger partial charge in [-0.25, -0.2) is 0 Å². The highest BCUT2D eigenvalue weighted by Crippen LogP contribution is 2.40. The van der Waals surface area contributed by atoms with Gasteiger partial charge in [0.05, 0.1) is 0 Å². The zero-order chi connectivity index (χ0) is 20.6. The summed E-state index contributed by atoms with van der Waals surface area (Å²) >= 11 is 0. The molecule has 2 aromatic carbocycles. The molecule has 2 rings (SSSR count). The Labute approximate surface area is 162 Å². The highest BCUT2D eigenvalue weighted by atomic mass is 16.3. The largest absolute Gasteiger partial charge is 0.507 e. The summed E-state index contributed by atoms with van der Waals surface area (Å²) in [5.74, 6) is -0.714. The quantitative estimate of drug-likeness (QED) is 0.551. The zero-order valence-corrected chi connectivity index (χ0v) is 17.2. The van der Waals surface area contributed by atoms with Gasteiger partial charge in [0.15, 0.2) is 17.2 Å². The van der Waals surface area contributed by atoms with Gasteiger partial charge in [-0.05, 0) is 64.5 Å². The molecule has 0 radical (unpaired) electrons. The van der Waals surface area contributed by atoms with Crippen LogP contribution in [0.15, 0.2) is 24.3 Å². The molecule has 0 amide bonds. The summed E-state index contributed by atoms with van der Waals surface area (Å²) in [6, 6.07) is 7.12. The molecule has 0 aliphatic carbocycles. The Bertz CT molecular complexity index is 765. The van der Waals surface area contributed by atoms with Crippen molar-refractivity contribution in [3.05, 3.63) is 46.5 Å². The second kappa shape index (κ2) is 7.34. The standard InChI is InChI=1S/C23H32O4/c1-22(2,3)16-10-14(11-17(20(16)26)23(4,5)6)8-7-9-15-12-18(24)21(27)19(25)13-15/h10-13,24-27H,7-9H2,1-6H3. The van der Waals surface area contributed by atoms with Crippen LogP contribution in [-0.4, -0.2) is 20.4 Å². The molecule has 0 saturated heterocycles. The number of benzene rings is 2. The van der Waals surface area contributed by atoms with Crippen LogP contribution in [0.2, 0.25) is 0 Å². The van der Waals surface area contributed by atoms with E-state index in [-0.39, 0.29) is 22.3 Å². The molecule has 0 spiro atoms. The molecule has 27 heavy (non-hydrogen) atoms. The lowest BCUT2D eigenvalue weighted by atomic mass is 9.78. The van der Waals surface area contributed by atoms with Gasteiger partial charge in [-0.2, -0.15) is 0 Å². The van der Waals surface area contributed by atoms with E-state index < -0.39 is 5.75 Å². The molecular weight excluding hydrogens is 340 g/mol. The minimum absolute atomic E-state index is 0.158. The van der Waals surface area contributed by atoms with E-state index in [0.717, 1.165) is 35.1 Å². The van der Waals surface area contributed by atoms with Gasteiger partial charge in [0.25, 0.3) is 0 Å². The van der Waals surface area contributed by atoms with Crippen LogP contribution in [0.4, 0.5) is 0 Å². The van der Waals surface area contributed by atoms with E-state index >= 15 is 0 Å². The van der Waals surface area contributed by atoms with E-state index in [1.165, 1.54) is 12.1 Å². The van der Waals surface area contributed by atoms with Crippen molar-refractivity contribution in [2.75, 3.05) is 0 Å². The number of phenols is 4. The molecule has 148 valence electrons. The second-order valence-corrected chi connectivity index (χ2v) is 9.38. The van der Waals surface area contributed by atoms with Crippen LogP contribution in [0.5, 0.6) is 23.0 Å². The molecule has 0 aliphatic rings. The van der Waals surface area contributed by atoms with Crippen LogP contribution in [0, 0.1) is 0 Å². The van der Waals surface area contributed by atoms with Crippen LogP contribution in [0.25, 0.3) is 0 Å². The summed E-state index contributed by atoms with van der Waals surface area (Å²) in [5.41, 5.74) is 3.52. The Morgan fingerprint density at radius 1 is 0.593 bits per heavy atom. The topological polar surface area (TPSA) is 80.9 Å². The monoisotopic (exact) mass is 372 g/mol. The number of aromatic hydroxyl groups is 4. The molecule has 0 heterocycles. The predicted octanol–water partition coefficient (Wildman–Crippen LogP) is 5.28. The Morgan fingerprint density at radius 3 is 1.33 bits per heavy atom. The SMILES string of the molecule is CC(C)(C)c1cc(CCCc2cc(O)c(O)c(O)c2)cc(C(C)(C)C)c1O. The summed E-state index contributed by atoms with van der Waals surface area (Å²) in [6.07, 6.45) is 2.30. The number of hydrogen-bond acceptors (Lipinski definition) is 4. The molecule has 0 bridgehead atoms. The van der Waals surface area contributed by atoms with E-state index in [9.17, 15) is 20.4 Å². The molecular formula is C23H32O4. The van der Waals surface area contributed by atoms with Gasteiger partial charge >= 0.3 is 0 Å². The van der Waals surface area contributed by atoms with Crippen LogP contribution in [0.3, 0.4) is 0 Å². The van der Waals surface area contributed by atoms with Gasteiger partial charge in [-0.3, -0.25) is 0 Å². The molecule has 0 atom stereocenters. The third-order valence-corrected chi connectivity index (χ3v) is 4.85. The van der Waals surface area contributed by atoms with Crippen molar-refractivity contribution in [2.24, 2.45) is 0 Å². The Kier molecular flexibility index (Phi) is 5.69. The van der Waals surface area contributed by atoms with Crippen molar-refractivity contribution in [1.29, 1.82) is 0 Å². The molecule has 2 aromatic rings. The minimum atomic E-state index is -0.484. The predicted molar refractivity (Wildman–Crippen MR) is 109 cm³/mol. The molecule has 4 heteroatoms. The summed E-state index contributed by atoms with van der Waals surface area (Å²) in [7, 11) is 0. The van der Waals surface area contributed by atoms with E-state index in [1.807, 2.05) is 0 Å². The molecule has 0 fully saturated rings. The average molecular weight is 373 g/mol. The molecule has 0 aromatic heterocycles. The van der Waals surface area contributed by atoms with Crippen LogP contribution < -0.4 is 0 Å². The Morgan fingerprint density at radius 2 is 0.963 bits per heavy atom. The number of phenolic OH excluding ortho intramolecular Hbond substituents is 4. The van der Waals surface area contributed by atoms with Crippen LogP contribution in [0.1, 0.15) is 70.2 Å². The van der Waals surface area contributed by atoms with E-state index in [4.69, 9.17) is 0 Å². The maximum atomic E-state index is 10.8. The molecule has 0 unspecified atom stereocenters. The second-order valence-electron chi connectivity index (χ2n) is 9.38. The van der Waals surface area contributed by atoms with E-state index in [0.29, 0.717) is 12.2 Å². The average Bonchev–Trinajstić information content (AvgIpc) is 2.51. The van der Waals surface area contributed by atoms with Gasteiger partial charge in [0.1, 0.15) is 5.75 Å². The Balaban J connectivity index is 2.26. The lowest BCUT2D eigenvalue weighted by Crippen LogP contribution is -2.18. The molecule has 4 N–H and O–H groups in total. The third-order valence-electron chi connectivity index (χ3n) is 4.85. The maximum absolute atomic E-state index is 10.8. The van der Waals surface area contributed by atoms with E-state index in [2.05, 4.69) is 53.7 Å². The highest BCUT2D eigenvalue weighted by Gasteiger charge is 2.26. The van der Waals surface area contributed by atoms with Gasteiger partial charge < -0.3 is 20.4 Å². The minimum Gasteiger partial charge on any atom is -0.507 e. The van der Waals surface area contributed by atoms with Gasteiger partial charge in [0, 0.05) is 0 Å². The first-order chi connectivity index (χ1) is 12.3. The first kappa shape index (κ1) is 20.9. The Hall–Kier alpha value is -2.36. The fourth-order valence-corrected chi connectivity index (χ4v) is 3.28. The normalized spacial score (nSPS) is 12.4. The zero-order valence-electron chi connectivity index (χ0n) is 17.2. The van der Waals surface area contributed by atoms with Crippen molar-refractivity contribution in [3.63, 3.8) is 0 Å².